The summed E-state index contributed by atoms with van der Waals surface area (Å²) < 4.78 is 5.69. The van der Waals surface area contributed by atoms with Crippen molar-refractivity contribution in [2.45, 2.75) is 25.4 Å². The molecular weight excluding hydrogens is 252 g/mol. The second-order valence-electron chi connectivity index (χ2n) is 6.28. The zero-order valence-corrected chi connectivity index (χ0v) is 11.3. The summed E-state index contributed by atoms with van der Waals surface area (Å²) in [5.74, 6) is 0.267. The second kappa shape index (κ2) is 3.60. The van der Waals surface area contributed by atoms with Crippen molar-refractivity contribution < 1.29 is 14.3 Å². The number of hydrogen-bond acceptors (Lipinski definition) is 3. The summed E-state index contributed by atoms with van der Waals surface area (Å²) in [6.07, 6.45) is 6.10. The van der Waals surface area contributed by atoms with Gasteiger partial charge in [0, 0.05) is 12.3 Å². The Balaban J connectivity index is 1.61. The summed E-state index contributed by atoms with van der Waals surface area (Å²) in [7, 11) is 0. The molecule has 0 radical (unpaired) electrons. The molecule has 2 saturated carbocycles. The zero-order valence-electron chi connectivity index (χ0n) is 11.3. The Morgan fingerprint density at radius 1 is 1.20 bits per heavy atom. The molecule has 0 saturated heterocycles. The predicted octanol–water partition coefficient (Wildman–Crippen LogP) is 2.77. The van der Waals surface area contributed by atoms with Crippen LogP contribution in [-0.4, -0.2) is 17.4 Å². The quantitative estimate of drug-likeness (QED) is 0.625. The molecule has 0 aliphatic heterocycles. The van der Waals surface area contributed by atoms with Crippen molar-refractivity contribution in [1.29, 1.82) is 0 Å². The first kappa shape index (κ1) is 11.9. The molecule has 102 valence electrons. The minimum Gasteiger partial charge on any atom is -0.447 e. The first-order valence-electron chi connectivity index (χ1n) is 7.06. The Labute approximate surface area is 117 Å². The number of esters is 1. The van der Waals surface area contributed by atoms with E-state index >= 15 is 0 Å². The molecule has 3 heteroatoms. The third-order valence-corrected chi connectivity index (χ3v) is 5.31. The summed E-state index contributed by atoms with van der Waals surface area (Å²) >= 11 is 0. The van der Waals surface area contributed by atoms with Gasteiger partial charge in [-0.25, -0.2) is 4.79 Å². The summed E-state index contributed by atoms with van der Waals surface area (Å²) in [5, 5.41) is 0. The molecule has 1 spiro atoms. The minimum absolute atomic E-state index is 0.0328. The van der Waals surface area contributed by atoms with Gasteiger partial charge in [0.25, 0.3) is 0 Å². The van der Waals surface area contributed by atoms with Crippen molar-refractivity contribution >= 4 is 11.8 Å². The van der Waals surface area contributed by atoms with Crippen molar-refractivity contribution in [3.05, 3.63) is 48.0 Å². The summed E-state index contributed by atoms with van der Waals surface area (Å²) in [5.41, 5.74) is -0.180. The SMILES string of the molecule is CC(=O)C1(OC(=O)c2ccccc2)CC23CC2C=CC13. The van der Waals surface area contributed by atoms with Crippen LogP contribution in [0.25, 0.3) is 0 Å². The Morgan fingerprint density at radius 2 is 1.95 bits per heavy atom. The van der Waals surface area contributed by atoms with E-state index in [2.05, 4.69) is 12.2 Å². The van der Waals surface area contributed by atoms with Crippen LogP contribution in [0.4, 0.5) is 0 Å². The van der Waals surface area contributed by atoms with Gasteiger partial charge in [-0.15, -0.1) is 0 Å². The number of ketones is 1. The molecule has 20 heavy (non-hydrogen) atoms. The highest BCUT2D eigenvalue weighted by Gasteiger charge is 2.78. The molecule has 1 aromatic rings. The van der Waals surface area contributed by atoms with Gasteiger partial charge in [0.15, 0.2) is 11.4 Å². The van der Waals surface area contributed by atoms with Gasteiger partial charge >= 0.3 is 5.97 Å². The lowest BCUT2D eigenvalue weighted by molar-refractivity contribution is -0.167. The lowest BCUT2D eigenvalue weighted by atomic mass is 9.57. The van der Waals surface area contributed by atoms with Gasteiger partial charge in [-0.2, -0.15) is 0 Å². The van der Waals surface area contributed by atoms with E-state index in [1.54, 1.807) is 24.3 Å². The lowest BCUT2D eigenvalue weighted by Crippen LogP contribution is -2.61. The van der Waals surface area contributed by atoms with E-state index in [4.69, 9.17) is 4.74 Å². The monoisotopic (exact) mass is 268 g/mol. The van der Waals surface area contributed by atoms with Crippen LogP contribution in [0, 0.1) is 17.3 Å². The van der Waals surface area contributed by atoms with Gasteiger partial charge in [-0.1, -0.05) is 30.4 Å². The van der Waals surface area contributed by atoms with Crippen molar-refractivity contribution in [2.24, 2.45) is 17.3 Å². The average molecular weight is 268 g/mol. The highest BCUT2D eigenvalue weighted by atomic mass is 16.6. The molecule has 0 aromatic heterocycles. The highest BCUT2D eigenvalue weighted by Crippen LogP contribution is 2.77. The van der Waals surface area contributed by atoms with Crippen LogP contribution in [0.15, 0.2) is 42.5 Å². The average Bonchev–Trinajstić information content (AvgIpc) is 3.07. The molecule has 0 heterocycles. The molecule has 0 bridgehead atoms. The molecule has 3 nitrogen and oxygen atoms in total. The van der Waals surface area contributed by atoms with E-state index < -0.39 is 11.6 Å². The number of carbonyl (C=O) groups excluding carboxylic acids is 2. The largest absolute Gasteiger partial charge is 0.447 e. The van der Waals surface area contributed by atoms with E-state index in [9.17, 15) is 9.59 Å². The van der Waals surface area contributed by atoms with Crippen LogP contribution < -0.4 is 0 Å². The van der Waals surface area contributed by atoms with Gasteiger partial charge < -0.3 is 4.74 Å². The van der Waals surface area contributed by atoms with Gasteiger partial charge in [0.05, 0.1) is 5.56 Å². The Bertz CT molecular complexity index is 633. The third kappa shape index (κ3) is 1.30. The summed E-state index contributed by atoms with van der Waals surface area (Å²) in [4.78, 5) is 24.4. The smallest absolute Gasteiger partial charge is 0.339 e. The molecule has 3 aliphatic carbocycles. The highest BCUT2D eigenvalue weighted by molar-refractivity contribution is 5.95. The van der Waals surface area contributed by atoms with Gasteiger partial charge in [-0.3, -0.25) is 4.79 Å². The van der Waals surface area contributed by atoms with Crippen molar-refractivity contribution in [3.8, 4) is 0 Å². The van der Waals surface area contributed by atoms with E-state index in [0.717, 1.165) is 6.42 Å². The first-order valence-corrected chi connectivity index (χ1v) is 7.06. The van der Waals surface area contributed by atoms with Crippen molar-refractivity contribution in [1.82, 2.24) is 0 Å². The Kier molecular flexibility index (Phi) is 2.14. The second-order valence-corrected chi connectivity index (χ2v) is 6.28. The van der Waals surface area contributed by atoms with Crippen LogP contribution in [0.1, 0.15) is 30.1 Å². The number of hydrogen-bond donors (Lipinski definition) is 0. The predicted molar refractivity (Wildman–Crippen MR) is 73.1 cm³/mol. The molecular formula is C17H16O3. The topological polar surface area (TPSA) is 43.4 Å². The normalized spacial score (nSPS) is 39.5. The minimum atomic E-state index is -0.922. The van der Waals surface area contributed by atoms with Gasteiger partial charge in [0.2, 0.25) is 0 Å². The summed E-state index contributed by atoms with van der Waals surface area (Å²) in [6, 6.07) is 8.88. The van der Waals surface area contributed by atoms with Crippen LogP contribution in [0.3, 0.4) is 0 Å². The molecule has 2 fully saturated rings. The van der Waals surface area contributed by atoms with E-state index in [-0.39, 0.29) is 17.1 Å². The molecule has 0 N–H and O–H groups in total. The van der Waals surface area contributed by atoms with Crippen LogP contribution in [0.2, 0.25) is 0 Å². The van der Waals surface area contributed by atoms with E-state index in [1.807, 2.05) is 6.07 Å². The number of benzene rings is 1. The van der Waals surface area contributed by atoms with Crippen LogP contribution in [-0.2, 0) is 9.53 Å². The Morgan fingerprint density at radius 3 is 2.55 bits per heavy atom. The van der Waals surface area contributed by atoms with E-state index in [0.29, 0.717) is 17.9 Å². The molecule has 4 atom stereocenters. The maximum Gasteiger partial charge on any atom is 0.339 e. The van der Waals surface area contributed by atoms with Gasteiger partial charge in [-0.05, 0) is 36.8 Å². The van der Waals surface area contributed by atoms with Crippen LogP contribution in [0.5, 0.6) is 0 Å². The number of rotatable bonds is 3. The number of Topliss-reactive ketones (excluding diaryl/α,β-unsaturated/α-hetero) is 1. The van der Waals surface area contributed by atoms with Gasteiger partial charge in [0.1, 0.15) is 0 Å². The first-order chi connectivity index (χ1) is 9.58. The molecule has 4 rings (SSSR count). The fourth-order valence-electron chi connectivity index (χ4n) is 4.12. The van der Waals surface area contributed by atoms with Crippen molar-refractivity contribution in [3.63, 3.8) is 0 Å². The maximum absolute atomic E-state index is 12.3. The molecule has 4 unspecified atom stereocenters. The van der Waals surface area contributed by atoms with Crippen LogP contribution >= 0.6 is 0 Å². The number of allylic oxidation sites excluding steroid dienone is 1. The summed E-state index contributed by atoms with van der Waals surface area (Å²) in [6.45, 7) is 1.54. The number of carbonyl (C=O) groups is 2. The zero-order chi connectivity index (χ0) is 14.0. The Hall–Kier alpha value is -1.90. The van der Waals surface area contributed by atoms with Crippen molar-refractivity contribution in [2.75, 3.05) is 0 Å². The fourth-order valence-corrected chi connectivity index (χ4v) is 4.12. The molecule has 1 aromatic carbocycles. The number of ether oxygens (including phenoxy) is 1. The molecule has 0 amide bonds. The maximum atomic E-state index is 12.3. The standard InChI is InChI=1S/C17H16O3/c1-11(18)17(10-16-9-13(16)7-8-14(16)17)20-15(19)12-5-3-2-4-6-12/h2-8,13-14H,9-10H2,1H3. The third-order valence-electron chi connectivity index (χ3n) is 5.31. The lowest BCUT2D eigenvalue weighted by Gasteiger charge is -2.51. The fraction of sp³-hybridized carbons (Fsp3) is 0.412. The van der Waals surface area contributed by atoms with E-state index in [1.165, 1.54) is 6.92 Å². The molecule has 3 aliphatic rings.